The Hall–Kier alpha value is -3.47. The average Bonchev–Trinajstić information content (AvgIpc) is 2.82. The highest BCUT2D eigenvalue weighted by Crippen LogP contribution is 2.38. The first kappa shape index (κ1) is 22.7. The molecule has 176 valence electrons. The molecule has 0 unspecified atom stereocenters. The highest BCUT2D eigenvalue weighted by Gasteiger charge is 2.45. The Balaban J connectivity index is 1.58. The molecule has 10 nitrogen and oxygen atoms in total. The number of fused-ring (bicyclic) bond motifs is 2. The summed E-state index contributed by atoms with van der Waals surface area (Å²) in [4.78, 5) is 43.6. The Bertz CT molecular complexity index is 1110. The molecule has 11 heteroatoms. The van der Waals surface area contributed by atoms with Crippen molar-refractivity contribution in [2.75, 3.05) is 26.3 Å². The van der Waals surface area contributed by atoms with Gasteiger partial charge in [-0.25, -0.2) is 14.2 Å². The maximum atomic E-state index is 13.1. The fourth-order valence-electron chi connectivity index (χ4n) is 4.16. The van der Waals surface area contributed by atoms with Crippen LogP contribution < -0.4 is 10.9 Å². The largest absolute Gasteiger partial charge is 0.501 e. The summed E-state index contributed by atoms with van der Waals surface area (Å²) in [7, 11) is 0. The molecule has 0 saturated carbocycles. The van der Waals surface area contributed by atoms with Crippen LogP contribution >= 0.6 is 0 Å². The van der Waals surface area contributed by atoms with Gasteiger partial charge in [0, 0.05) is 32.5 Å². The Morgan fingerprint density at radius 2 is 1.94 bits per heavy atom. The smallest absolute Gasteiger partial charge is 0.409 e. The number of hydrogen-bond donors (Lipinski definition) is 2. The zero-order chi connectivity index (χ0) is 23.6. The Kier molecular flexibility index (Phi) is 6.32. The van der Waals surface area contributed by atoms with Crippen LogP contribution in [0, 0.1) is 5.82 Å². The predicted octanol–water partition coefficient (Wildman–Crippen LogP) is 1.50. The summed E-state index contributed by atoms with van der Waals surface area (Å²) in [5, 5.41) is 13.0. The topological polar surface area (TPSA) is 123 Å². The Labute approximate surface area is 188 Å². The van der Waals surface area contributed by atoms with Gasteiger partial charge in [-0.05, 0) is 24.6 Å². The first-order chi connectivity index (χ1) is 15.8. The molecule has 0 bridgehead atoms. The van der Waals surface area contributed by atoms with Gasteiger partial charge in [-0.3, -0.25) is 14.2 Å². The van der Waals surface area contributed by atoms with E-state index in [0.29, 0.717) is 31.5 Å². The van der Waals surface area contributed by atoms with Gasteiger partial charge in [0.2, 0.25) is 5.75 Å². The van der Waals surface area contributed by atoms with E-state index in [0.717, 1.165) is 0 Å². The monoisotopic (exact) mass is 460 g/mol. The molecule has 1 spiro atoms. The van der Waals surface area contributed by atoms with Crippen LogP contribution in [0.3, 0.4) is 0 Å². The van der Waals surface area contributed by atoms with E-state index < -0.39 is 40.4 Å². The number of aromatic nitrogens is 2. The maximum absolute atomic E-state index is 13.1. The van der Waals surface area contributed by atoms with Crippen LogP contribution in [0.4, 0.5) is 9.18 Å². The molecule has 1 aromatic heterocycles. The van der Waals surface area contributed by atoms with Crippen molar-refractivity contribution in [2.45, 2.75) is 38.5 Å². The number of halogens is 1. The second kappa shape index (κ2) is 9.18. The number of rotatable bonds is 4. The summed E-state index contributed by atoms with van der Waals surface area (Å²) in [6.07, 6.45) is 0.305. The van der Waals surface area contributed by atoms with Crippen molar-refractivity contribution in [3.05, 3.63) is 57.5 Å². The number of piperidine rings is 1. The fourth-order valence-corrected chi connectivity index (χ4v) is 4.16. The second-order valence-corrected chi connectivity index (χ2v) is 7.93. The minimum atomic E-state index is -0.958. The number of amides is 2. The van der Waals surface area contributed by atoms with E-state index >= 15 is 0 Å². The molecule has 0 aliphatic carbocycles. The molecule has 2 N–H and O–H groups in total. The second-order valence-electron chi connectivity index (χ2n) is 7.93. The lowest BCUT2D eigenvalue weighted by atomic mass is 9.89. The van der Waals surface area contributed by atoms with Crippen LogP contribution in [0.5, 0.6) is 5.75 Å². The van der Waals surface area contributed by atoms with Gasteiger partial charge in [0.1, 0.15) is 17.2 Å². The first-order valence-electron chi connectivity index (χ1n) is 10.8. The molecule has 1 aromatic carbocycles. The number of nitrogens with zero attached hydrogens (tertiary/aromatic N) is 3. The molecule has 33 heavy (non-hydrogen) atoms. The van der Waals surface area contributed by atoms with E-state index in [9.17, 15) is 23.9 Å². The summed E-state index contributed by atoms with van der Waals surface area (Å²) in [5.74, 6) is -1.61. The minimum absolute atomic E-state index is 0.0643. The van der Waals surface area contributed by atoms with Gasteiger partial charge < -0.3 is 24.8 Å². The number of hydrogen-bond acceptors (Lipinski definition) is 7. The highest BCUT2D eigenvalue weighted by molar-refractivity contribution is 5.94. The van der Waals surface area contributed by atoms with Gasteiger partial charge in [0.05, 0.1) is 19.8 Å². The third-order valence-electron chi connectivity index (χ3n) is 5.92. The lowest BCUT2D eigenvalue weighted by Gasteiger charge is -2.43. The molecular formula is C22H25FN4O6. The summed E-state index contributed by atoms with van der Waals surface area (Å²) in [5.41, 5.74) is -1.43. The van der Waals surface area contributed by atoms with Gasteiger partial charge in [0.25, 0.3) is 11.5 Å². The van der Waals surface area contributed by atoms with Gasteiger partial charge in [0.15, 0.2) is 5.69 Å². The Morgan fingerprint density at radius 1 is 1.24 bits per heavy atom. The third kappa shape index (κ3) is 4.40. The van der Waals surface area contributed by atoms with Crippen molar-refractivity contribution in [2.24, 2.45) is 0 Å². The summed E-state index contributed by atoms with van der Waals surface area (Å²) in [6.45, 7) is 3.17. The molecule has 2 aromatic rings. The molecule has 0 radical (unpaired) electrons. The van der Waals surface area contributed by atoms with E-state index in [1.165, 1.54) is 28.8 Å². The number of carbonyl (C=O) groups excluding carboxylic acids is 2. The number of aromatic hydroxyl groups is 1. The molecule has 2 aliphatic heterocycles. The van der Waals surface area contributed by atoms with E-state index in [1.54, 1.807) is 11.8 Å². The number of ether oxygens (including phenoxy) is 2. The molecular weight excluding hydrogens is 435 g/mol. The van der Waals surface area contributed by atoms with Gasteiger partial charge in [-0.1, -0.05) is 12.1 Å². The third-order valence-corrected chi connectivity index (χ3v) is 5.92. The number of nitrogens with one attached hydrogen (secondary N) is 1. The Morgan fingerprint density at radius 3 is 2.61 bits per heavy atom. The van der Waals surface area contributed by atoms with Crippen molar-refractivity contribution < 1.29 is 28.6 Å². The van der Waals surface area contributed by atoms with Gasteiger partial charge >= 0.3 is 6.09 Å². The van der Waals surface area contributed by atoms with Crippen LogP contribution in [0.15, 0.2) is 29.1 Å². The number of benzene rings is 1. The van der Waals surface area contributed by atoms with Gasteiger partial charge in [-0.15, -0.1) is 0 Å². The van der Waals surface area contributed by atoms with Crippen LogP contribution in [-0.2, 0) is 28.2 Å². The molecule has 3 heterocycles. The zero-order valence-electron chi connectivity index (χ0n) is 18.2. The van der Waals surface area contributed by atoms with Crippen molar-refractivity contribution in [3.8, 4) is 5.75 Å². The standard InChI is InChI=1S/C22H25FN4O6/c1-2-32-21(31)26-9-7-22(8-10-26)20-25-16(17(28)19(30)27(20)11-12-33-22)18(29)24-13-14-3-5-15(23)6-4-14/h3-6,28H,2,7-13H2,1H3,(H,24,29). The van der Waals surface area contributed by atoms with Crippen LogP contribution in [0.1, 0.15) is 41.6 Å². The summed E-state index contributed by atoms with van der Waals surface area (Å²) >= 11 is 0. The van der Waals surface area contributed by atoms with Gasteiger partial charge in [-0.2, -0.15) is 0 Å². The summed E-state index contributed by atoms with van der Waals surface area (Å²) in [6, 6.07) is 5.58. The molecule has 1 fully saturated rings. The SMILES string of the molecule is CCOC(=O)N1CCC2(CC1)OCCn1c2nc(C(=O)NCc2ccc(F)cc2)c(O)c1=O. The minimum Gasteiger partial charge on any atom is -0.501 e. The average molecular weight is 460 g/mol. The van der Waals surface area contributed by atoms with E-state index in [2.05, 4.69) is 10.3 Å². The maximum Gasteiger partial charge on any atom is 0.409 e. The van der Waals surface area contributed by atoms with Crippen LogP contribution in [0.2, 0.25) is 0 Å². The predicted molar refractivity (Wildman–Crippen MR) is 113 cm³/mol. The van der Waals surface area contributed by atoms with E-state index in [4.69, 9.17) is 9.47 Å². The summed E-state index contributed by atoms with van der Waals surface area (Å²) < 4.78 is 25.5. The quantitative estimate of drug-likeness (QED) is 0.709. The fraction of sp³-hybridized carbons (Fsp3) is 0.455. The van der Waals surface area contributed by atoms with Crippen LogP contribution in [-0.4, -0.2) is 57.9 Å². The first-order valence-corrected chi connectivity index (χ1v) is 10.8. The lowest BCUT2D eigenvalue weighted by Crippen LogP contribution is -2.52. The van der Waals surface area contributed by atoms with Crippen LogP contribution in [0.25, 0.3) is 0 Å². The molecule has 2 aliphatic rings. The van der Waals surface area contributed by atoms with E-state index in [1.807, 2.05) is 0 Å². The highest BCUT2D eigenvalue weighted by atomic mass is 19.1. The molecule has 2 amide bonds. The normalized spacial score (nSPS) is 16.8. The van der Waals surface area contributed by atoms with Crippen molar-refractivity contribution in [3.63, 3.8) is 0 Å². The molecule has 1 saturated heterocycles. The van der Waals surface area contributed by atoms with Crippen molar-refractivity contribution >= 4 is 12.0 Å². The number of carbonyl (C=O) groups is 2. The van der Waals surface area contributed by atoms with Crippen molar-refractivity contribution in [1.29, 1.82) is 0 Å². The zero-order valence-corrected chi connectivity index (χ0v) is 18.2. The lowest BCUT2D eigenvalue weighted by molar-refractivity contribution is -0.115. The molecule has 4 rings (SSSR count). The number of likely N-dealkylation sites (tertiary alicyclic amines) is 1. The molecule has 0 atom stereocenters. The van der Waals surface area contributed by atoms with E-state index in [-0.39, 0.29) is 32.1 Å². The van der Waals surface area contributed by atoms with Crippen molar-refractivity contribution in [1.82, 2.24) is 19.8 Å².